The summed E-state index contributed by atoms with van der Waals surface area (Å²) in [5.74, 6) is 0.236. The van der Waals surface area contributed by atoms with E-state index in [0.29, 0.717) is 33.0 Å². The largest absolute Gasteiger partial charge is 0.489 e. The molecule has 0 N–H and O–H groups in total. The number of fused-ring (bicyclic) bond motifs is 2. The average molecular weight is 604 g/mol. The third-order valence-corrected chi connectivity index (χ3v) is 8.66. The van der Waals surface area contributed by atoms with Gasteiger partial charge in [0, 0.05) is 19.8 Å². The Balaban J connectivity index is 1.36. The van der Waals surface area contributed by atoms with Crippen molar-refractivity contribution in [1.82, 2.24) is 4.57 Å². The Kier molecular flexibility index (Phi) is 8.17. The van der Waals surface area contributed by atoms with Gasteiger partial charge in [0.05, 0.1) is 28.5 Å². The first-order chi connectivity index (χ1) is 21.3. The van der Waals surface area contributed by atoms with Crippen LogP contribution in [0.25, 0.3) is 16.8 Å². The third kappa shape index (κ3) is 5.68. The molecule has 0 saturated carbocycles. The predicted octanol–water partition coefficient (Wildman–Crippen LogP) is 5.60. The number of hydrogen-bond acceptors (Lipinski definition) is 7. The summed E-state index contributed by atoms with van der Waals surface area (Å²) in [6, 6.07) is 29.4. The van der Waals surface area contributed by atoms with Crippen molar-refractivity contribution in [3.05, 3.63) is 139 Å². The number of esters is 1. The average Bonchev–Trinajstić information content (AvgIpc) is 3.33. The van der Waals surface area contributed by atoms with Crippen LogP contribution >= 0.6 is 11.3 Å². The van der Waals surface area contributed by atoms with Gasteiger partial charge in [0.2, 0.25) is 0 Å². The molecular formula is C36H33N3O4S. The summed E-state index contributed by atoms with van der Waals surface area (Å²) >= 11 is 1.30. The quantitative estimate of drug-likeness (QED) is 0.216. The fraction of sp³-hybridized carbons (Fsp3) is 0.194. The first-order valence-corrected chi connectivity index (χ1v) is 15.3. The van der Waals surface area contributed by atoms with Gasteiger partial charge in [-0.1, -0.05) is 78.1 Å². The van der Waals surface area contributed by atoms with Crippen molar-refractivity contribution in [2.24, 2.45) is 4.99 Å². The summed E-state index contributed by atoms with van der Waals surface area (Å²) in [6.45, 7) is 4.21. The molecule has 0 amide bonds. The van der Waals surface area contributed by atoms with Crippen LogP contribution in [-0.2, 0) is 16.1 Å². The molecule has 1 aromatic heterocycles. The van der Waals surface area contributed by atoms with Gasteiger partial charge < -0.3 is 14.4 Å². The molecule has 8 heteroatoms. The van der Waals surface area contributed by atoms with Gasteiger partial charge in [-0.15, -0.1) is 0 Å². The molecule has 0 aliphatic carbocycles. The van der Waals surface area contributed by atoms with Crippen molar-refractivity contribution in [3.63, 3.8) is 0 Å². The van der Waals surface area contributed by atoms with Gasteiger partial charge in [0.25, 0.3) is 5.56 Å². The predicted molar refractivity (Wildman–Crippen MR) is 176 cm³/mol. The van der Waals surface area contributed by atoms with Crippen molar-refractivity contribution < 1.29 is 14.3 Å². The first-order valence-electron chi connectivity index (χ1n) is 14.5. The highest BCUT2D eigenvalue weighted by atomic mass is 32.1. The summed E-state index contributed by atoms with van der Waals surface area (Å²) in [5.41, 5.74) is 4.46. The standard InChI is InChI=1S/C36H33N3O4S/c1-5-42-35(41)32-23(2)37-36-39(33(32)26-16-18-28(19-17-26)38(3)4)34(40)31(44-36)21-24-10-8-14-29(20-24)43-22-27-13-9-12-25-11-6-7-15-30(25)27/h6-21,33H,5,22H2,1-4H3/b31-21+/t33-/m0/s1. The number of carbonyl (C=O) groups is 1. The number of nitrogens with zero attached hydrogens (tertiary/aromatic N) is 3. The fourth-order valence-electron chi connectivity index (χ4n) is 5.49. The Morgan fingerprint density at radius 1 is 1.00 bits per heavy atom. The maximum atomic E-state index is 14.0. The molecule has 1 atom stereocenters. The molecule has 0 fully saturated rings. The van der Waals surface area contributed by atoms with E-state index in [1.807, 2.05) is 91.8 Å². The van der Waals surface area contributed by atoms with E-state index in [1.165, 1.54) is 16.7 Å². The maximum Gasteiger partial charge on any atom is 0.338 e. The van der Waals surface area contributed by atoms with Crippen molar-refractivity contribution in [3.8, 4) is 5.75 Å². The van der Waals surface area contributed by atoms with Gasteiger partial charge in [-0.3, -0.25) is 9.36 Å². The second kappa shape index (κ2) is 12.3. The number of anilines is 1. The van der Waals surface area contributed by atoms with Gasteiger partial charge in [0.1, 0.15) is 12.4 Å². The molecule has 6 rings (SSSR count). The SMILES string of the molecule is CCOC(=O)C1=C(C)N=c2s/c(=C/c3cccc(OCc4cccc5ccccc45)c3)c(=O)n2[C@H]1c1ccc(N(C)C)cc1. The second-order valence-electron chi connectivity index (χ2n) is 10.8. The Hall–Kier alpha value is -4.95. The van der Waals surface area contributed by atoms with E-state index >= 15 is 0 Å². The van der Waals surface area contributed by atoms with Crippen LogP contribution in [-0.4, -0.2) is 31.2 Å². The van der Waals surface area contributed by atoms with Gasteiger partial charge in [0.15, 0.2) is 4.80 Å². The Labute approximate surface area is 259 Å². The van der Waals surface area contributed by atoms with Crippen LogP contribution in [0.1, 0.15) is 36.6 Å². The van der Waals surface area contributed by atoms with Crippen molar-refractivity contribution >= 4 is 39.8 Å². The van der Waals surface area contributed by atoms with Crippen LogP contribution in [0, 0.1) is 0 Å². The molecule has 1 aliphatic rings. The Morgan fingerprint density at radius 2 is 1.75 bits per heavy atom. The van der Waals surface area contributed by atoms with Crippen LogP contribution in [0.15, 0.2) is 112 Å². The lowest BCUT2D eigenvalue weighted by atomic mass is 9.95. The van der Waals surface area contributed by atoms with Crippen LogP contribution in [0.5, 0.6) is 5.75 Å². The lowest BCUT2D eigenvalue weighted by Crippen LogP contribution is -2.39. The summed E-state index contributed by atoms with van der Waals surface area (Å²) in [7, 11) is 3.94. The van der Waals surface area contributed by atoms with Gasteiger partial charge in [-0.25, -0.2) is 9.79 Å². The number of benzene rings is 4. The van der Waals surface area contributed by atoms with E-state index in [1.54, 1.807) is 18.4 Å². The molecule has 4 aromatic carbocycles. The van der Waals surface area contributed by atoms with Crippen molar-refractivity contribution in [1.29, 1.82) is 0 Å². The Bertz CT molecular complexity index is 2070. The molecule has 7 nitrogen and oxygen atoms in total. The van der Waals surface area contributed by atoms with E-state index < -0.39 is 12.0 Å². The zero-order chi connectivity index (χ0) is 30.8. The van der Waals surface area contributed by atoms with Gasteiger partial charge in [-0.05, 0) is 71.7 Å². The minimum Gasteiger partial charge on any atom is -0.489 e. The van der Waals surface area contributed by atoms with Crippen LogP contribution in [0.2, 0.25) is 0 Å². The number of carbonyl (C=O) groups excluding carboxylic acids is 1. The number of hydrogen-bond donors (Lipinski definition) is 0. The molecule has 1 aliphatic heterocycles. The lowest BCUT2D eigenvalue weighted by molar-refractivity contribution is -0.139. The topological polar surface area (TPSA) is 73.1 Å². The molecule has 2 heterocycles. The number of allylic oxidation sites excluding steroid dienone is 1. The molecule has 44 heavy (non-hydrogen) atoms. The molecule has 0 spiro atoms. The van der Waals surface area contributed by atoms with E-state index in [-0.39, 0.29) is 12.2 Å². The monoisotopic (exact) mass is 603 g/mol. The van der Waals surface area contributed by atoms with Gasteiger partial charge in [-0.2, -0.15) is 0 Å². The molecule has 0 unspecified atom stereocenters. The number of aromatic nitrogens is 1. The molecule has 0 saturated heterocycles. The third-order valence-electron chi connectivity index (χ3n) is 7.67. The normalized spacial score (nSPS) is 14.7. The summed E-state index contributed by atoms with van der Waals surface area (Å²) in [4.78, 5) is 34.4. The molecule has 5 aromatic rings. The number of thiazole rings is 1. The molecule has 0 bridgehead atoms. The minimum absolute atomic E-state index is 0.216. The zero-order valence-electron chi connectivity index (χ0n) is 25.1. The van der Waals surface area contributed by atoms with Gasteiger partial charge >= 0.3 is 5.97 Å². The highest BCUT2D eigenvalue weighted by Crippen LogP contribution is 2.31. The molecule has 0 radical (unpaired) electrons. The first kappa shape index (κ1) is 29.1. The lowest BCUT2D eigenvalue weighted by Gasteiger charge is -2.25. The fourth-order valence-corrected chi connectivity index (χ4v) is 6.53. The van der Waals surface area contributed by atoms with Crippen LogP contribution in [0.4, 0.5) is 5.69 Å². The van der Waals surface area contributed by atoms with E-state index in [0.717, 1.165) is 27.8 Å². The second-order valence-corrected chi connectivity index (χ2v) is 11.8. The highest BCUT2D eigenvalue weighted by molar-refractivity contribution is 7.07. The number of rotatable bonds is 8. The summed E-state index contributed by atoms with van der Waals surface area (Å²) in [5, 5.41) is 2.33. The van der Waals surface area contributed by atoms with Crippen LogP contribution < -0.4 is 24.5 Å². The van der Waals surface area contributed by atoms with E-state index in [4.69, 9.17) is 9.47 Å². The Morgan fingerprint density at radius 3 is 2.52 bits per heavy atom. The smallest absolute Gasteiger partial charge is 0.338 e. The minimum atomic E-state index is -0.654. The van der Waals surface area contributed by atoms with E-state index in [9.17, 15) is 9.59 Å². The maximum absolute atomic E-state index is 14.0. The zero-order valence-corrected chi connectivity index (χ0v) is 25.9. The van der Waals surface area contributed by atoms with E-state index in [2.05, 4.69) is 29.3 Å². The number of ether oxygens (including phenoxy) is 2. The molecular weight excluding hydrogens is 570 g/mol. The summed E-state index contributed by atoms with van der Waals surface area (Å²) < 4.78 is 13.7. The van der Waals surface area contributed by atoms with Crippen molar-refractivity contribution in [2.75, 3.05) is 25.6 Å². The van der Waals surface area contributed by atoms with Crippen LogP contribution in [0.3, 0.4) is 0 Å². The highest BCUT2D eigenvalue weighted by Gasteiger charge is 2.33. The van der Waals surface area contributed by atoms with Crippen molar-refractivity contribution in [2.45, 2.75) is 26.5 Å². The molecule has 222 valence electrons. The summed E-state index contributed by atoms with van der Waals surface area (Å²) in [6.07, 6.45) is 1.85.